The third-order valence-electron chi connectivity index (χ3n) is 5.75. The zero-order valence-electron chi connectivity index (χ0n) is 18.8. The van der Waals surface area contributed by atoms with Crippen LogP contribution in [0.5, 0.6) is 5.75 Å². The normalized spacial score (nSPS) is 15.7. The molecule has 7 nitrogen and oxygen atoms in total. The van der Waals surface area contributed by atoms with Gasteiger partial charge in [-0.1, -0.05) is 12.1 Å². The first kappa shape index (κ1) is 22.5. The molecule has 2 aromatic carbocycles. The highest BCUT2D eigenvalue weighted by molar-refractivity contribution is 5.94. The Morgan fingerprint density at radius 2 is 1.97 bits per heavy atom. The first-order valence-electron chi connectivity index (χ1n) is 11.3. The summed E-state index contributed by atoms with van der Waals surface area (Å²) in [7, 11) is 0. The number of anilines is 1. The van der Waals surface area contributed by atoms with Gasteiger partial charge in [-0.25, -0.2) is 4.79 Å². The van der Waals surface area contributed by atoms with E-state index in [1.807, 2.05) is 60.4 Å². The molecule has 172 valence electrons. The van der Waals surface area contributed by atoms with Crippen LogP contribution in [0.1, 0.15) is 47.4 Å². The highest BCUT2D eigenvalue weighted by Crippen LogP contribution is 2.28. The largest absolute Gasteiger partial charge is 0.494 e. The topological polar surface area (TPSA) is 83.8 Å². The highest BCUT2D eigenvalue weighted by Gasteiger charge is 2.25. The van der Waals surface area contributed by atoms with Crippen LogP contribution in [0.15, 0.2) is 71.3 Å². The molecule has 2 heterocycles. The molecule has 1 aliphatic rings. The van der Waals surface area contributed by atoms with Gasteiger partial charge in [0.05, 0.1) is 19.4 Å². The Bertz CT molecular complexity index is 1060. The van der Waals surface area contributed by atoms with E-state index in [1.165, 1.54) is 0 Å². The predicted octanol–water partition coefficient (Wildman–Crippen LogP) is 5.02. The monoisotopic (exact) mass is 447 g/mol. The molecule has 1 unspecified atom stereocenters. The van der Waals surface area contributed by atoms with Gasteiger partial charge in [-0.05, 0) is 73.9 Å². The standard InChI is InChI=1S/C26H29N3O4/c1-2-32-23-12-10-22(11-13-23)28-26(31)29-14-4-8-21(18-29)19-6-3-7-20(16-19)25(30)27-17-24-9-5-15-33-24/h3,5-7,9-13,15-16,21H,2,4,8,14,17-18H2,1H3,(H,27,30)(H,28,31). The number of benzene rings is 2. The molecule has 1 saturated heterocycles. The molecule has 2 N–H and O–H groups in total. The van der Waals surface area contributed by atoms with Crippen LogP contribution in [0.2, 0.25) is 0 Å². The summed E-state index contributed by atoms with van der Waals surface area (Å²) in [6, 6.07) is 18.5. The molecular weight excluding hydrogens is 418 g/mol. The van der Waals surface area contributed by atoms with E-state index in [0.29, 0.717) is 37.6 Å². The van der Waals surface area contributed by atoms with Crippen LogP contribution in [0, 0.1) is 0 Å². The summed E-state index contributed by atoms with van der Waals surface area (Å²) in [5, 5.41) is 5.85. The quantitative estimate of drug-likeness (QED) is 0.533. The minimum atomic E-state index is -0.144. The van der Waals surface area contributed by atoms with Gasteiger partial charge >= 0.3 is 6.03 Å². The average Bonchev–Trinajstić information content (AvgIpc) is 3.38. The van der Waals surface area contributed by atoms with Crippen molar-refractivity contribution in [2.24, 2.45) is 0 Å². The van der Waals surface area contributed by atoms with Crippen LogP contribution >= 0.6 is 0 Å². The summed E-state index contributed by atoms with van der Waals surface area (Å²) in [5.74, 6) is 1.53. The molecule has 3 amide bonds. The first-order chi connectivity index (χ1) is 16.1. The molecule has 0 radical (unpaired) electrons. The van der Waals surface area contributed by atoms with Gasteiger partial charge in [-0.15, -0.1) is 0 Å². The number of ether oxygens (including phenoxy) is 1. The number of hydrogen-bond donors (Lipinski definition) is 2. The lowest BCUT2D eigenvalue weighted by molar-refractivity contribution is 0.0947. The van der Waals surface area contributed by atoms with Crippen molar-refractivity contribution < 1.29 is 18.7 Å². The van der Waals surface area contributed by atoms with Crippen LogP contribution < -0.4 is 15.4 Å². The van der Waals surface area contributed by atoms with Crippen molar-refractivity contribution in [1.82, 2.24) is 10.2 Å². The molecule has 3 aromatic rings. The Morgan fingerprint density at radius 1 is 1.12 bits per heavy atom. The van der Waals surface area contributed by atoms with Crippen molar-refractivity contribution in [2.75, 3.05) is 25.0 Å². The lowest BCUT2D eigenvalue weighted by Gasteiger charge is -2.33. The third kappa shape index (κ3) is 5.94. The van der Waals surface area contributed by atoms with Gasteiger partial charge in [0.1, 0.15) is 11.5 Å². The molecule has 0 aliphatic carbocycles. The van der Waals surface area contributed by atoms with Crippen LogP contribution in [0.25, 0.3) is 0 Å². The summed E-state index contributed by atoms with van der Waals surface area (Å²) >= 11 is 0. The molecule has 0 bridgehead atoms. The number of nitrogens with zero attached hydrogens (tertiary/aromatic N) is 1. The molecule has 1 atom stereocenters. The maximum atomic E-state index is 12.8. The Morgan fingerprint density at radius 3 is 2.73 bits per heavy atom. The SMILES string of the molecule is CCOc1ccc(NC(=O)N2CCCC(c3cccc(C(=O)NCc4ccco4)c3)C2)cc1. The number of rotatable bonds is 7. The minimum absolute atomic E-state index is 0.115. The van der Waals surface area contributed by atoms with Crippen molar-refractivity contribution in [3.8, 4) is 5.75 Å². The molecule has 0 spiro atoms. The average molecular weight is 448 g/mol. The molecule has 1 aromatic heterocycles. The molecular formula is C26H29N3O4. The van der Waals surface area contributed by atoms with Gasteiger partial charge in [0.25, 0.3) is 5.91 Å². The predicted molar refractivity (Wildman–Crippen MR) is 126 cm³/mol. The summed E-state index contributed by atoms with van der Waals surface area (Å²) in [4.78, 5) is 27.3. The van der Waals surface area contributed by atoms with E-state index < -0.39 is 0 Å². The first-order valence-corrected chi connectivity index (χ1v) is 11.3. The second-order valence-corrected chi connectivity index (χ2v) is 8.06. The van der Waals surface area contributed by atoms with Crippen LogP contribution in [0.4, 0.5) is 10.5 Å². The highest BCUT2D eigenvalue weighted by atomic mass is 16.5. The van der Waals surface area contributed by atoms with Gasteiger partial charge in [0, 0.05) is 30.3 Å². The zero-order chi connectivity index (χ0) is 23.0. The molecule has 1 aliphatic heterocycles. The number of piperidine rings is 1. The fourth-order valence-electron chi connectivity index (χ4n) is 4.05. The Labute approximate surface area is 193 Å². The van der Waals surface area contributed by atoms with Crippen LogP contribution in [-0.2, 0) is 6.54 Å². The number of nitrogens with one attached hydrogen (secondary N) is 2. The van der Waals surface area contributed by atoms with Gasteiger partial charge in [-0.2, -0.15) is 0 Å². The lowest BCUT2D eigenvalue weighted by Crippen LogP contribution is -2.41. The van der Waals surface area contributed by atoms with E-state index in [-0.39, 0.29) is 17.9 Å². The Kier molecular flexibility index (Phi) is 7.29. The van der Waals surface area contributed by atoms with Crippen LogP contribution in [0.3, 0.4) is 0 Å². The molecule has 33 heavy (non-hydrogen) atoms. The number of hydrogen-bond acceptors (Lipinski definition) is 4. The van der Waals surface area contributed by atoms with E-state index in [9.17, 15) is 9.59 Å². The van der Waals surface area contributed by atoms with Gasteiger partial charge in [0.15, 0.2) is 0 Å². The number of likely N-dealkylation sites (tertiary alicyclic amines) is 1. The van der Waals surface area contributed by atoms with E-state index in [4.69, 9.17) is 9.15 Å². The van der Waals surface area contributed by atoms with Gasteiger partial charge < -0.3 is 24.7 Å². The van der Waals surface area contributed by atoms with Crippen molar-refractivity contribution >= 4 is 17.6 Å². The van der Waals surface area contributed by atoms with Crippen molar-refractivity contribution in [3.05, 3.63) is 83.8 Å². The number of furan rings is 1. The second-order valence-electron chi connectivity index (χ2n) is 8.06. The van der Waals surface area contributed by atoms with Gasteiger partial charge in [0.2, 0.25) is 0 Å². The van der Waals surface area contributed by atoms with Crippen molar-refractivity contribution in [1.29, 1.82) is 0 Å². The number of carbonyl (C=O) groups is 2. The fourth-order valence-corrected chi connectivity index (χ4v) is 4.05. The number of urea groups is 1. The smallest absolute Gasteiger partial charge is 0.321 e. The van der Waals surface area contributed by atoms with E-state index in [0.717, 1.165) is 29.8 Å². The maximum absolute atomic E-state index is 12.8. The van der Waals surface area contributed by atoms with E-state index in [2.05, 4.69) is 10.6 Å². The Hall–Kier alpha value is -3.74. The summed E-state index contributed by atoms with van der Waals surface area (Å²) < 4.78 is 10.7. The molecule has 7 heteroatoms. The summed E-state index contributed by atoms with van der Waals surface area (Å²) in [5.41, 5.74) is 2.41. The maximum Gasteiger partial charge on any atom is 0.321 e. The molecule has 1 fully saturated rings. The Balaban J connectivity index is 1.36. The summed E-state index contributed by atoms with van der Waals surface area (Å²) in [6.07, 6.45) is 3.48. The number of carbonyl (C=O) groups excluding carboxylic acids is 2. The third-order valence-corrected chi connectivity index (χ3v) is 5.75. The van der Waals surface area contributed by atoms with Crippen molar-refractivity contribution in [3.63, 3.8) is 0 Å². The molecule has 4 rings (SSSR count). The number of amides is 3. The summed E-state index contributed by atoms with van der Waals surface area (Å²) in [6.45, 7) is 4.21. The van der Waals surface area contributed by atoms with Gasteiger partial charge in [-0.3, -0.25) is 4.79 Å². The van der Waals surface area contributed by atoms with E-state index >= 15 is 0 Å². The second kappa shape index (κ2) is 10.7. The lowest BCUT2D eigenvalue weighted by atomic mass is 9.89. The van der Waals surface area contributed by atoms with Crippen molar-refractivity contribution in [2.45, 2.75) is 32.2 Å². The fraction of sp³-hybridized carbons (Fsp3) is 0.308. The van der Waals surface area contributed by atoms with Crippen LogP contribution in [-0.4, -0.2) is 36.5 Å². The zero-order valence-corrected chi connectivity index (χ0v) is 18.8. The minimum Gasteiger partial charge on any atom is -0.494 e. The molecule has 0 saturated carbocycles. The van der Waals surface area contributed by atoms with E-state index in [1.54, 1.807) is 18.4 Å².